The molecule has 1 amide bonds. The lowest BCUT2D eigenvalue weighted by Gasteiger charge is -2.44. The predicted molar refractivity (Wildman–Crippen MR) is 184 cm³/mol. The van der Waals surface area contributed by atoms with Crippen LogP contribution in [0.25, 0.3) is 11.2 Å². The first-order chi connectivity index (χ1) is 23.1. The Morgan fingerprint density at radius 2 is 1.69 bits per heavy atom. The van der Waals surface area contributed by atoms with Gasteiger partial charge in [-0.15, -0.1) is 6.42 Å². The van der Waals surface area contributed by atoms with E-state index >= 15 is 0 Å². The van der Waals surface area contributed by atoms with Gasteiger partial charge in [0.2, 0.25) is 0 Å². The zero-order valence-electron chi connectivity index (χ0n) is 28.4. The highest BCUT2D eigenvalue weighted by Gasteiger charge is 2.56. The third-order valence-electron chi connectivity index (χ3n) is 8.23. The number of hydrogen-bond acceptors (Lipinski definition) is 10. The maximum atomic E-state index is 14.3. The average molecular weight is 689 g/mol. The number of imidazole rings is 1. The largest absolute Gasteiger partial charge is 0.457 e. The minimum Gasteiger partial charge on any atom is -0.457 e. The van der Waals surface area contributed by atoms with E-state index in [4.69, 9.17) is 30.8 Å². The van der Waals surface area contributed by atoms with Crippen molar-refractivity contribution in [3.05, 3.63) is 73.1 Å². The standard InChI is InChI=1S/C35H41FN6O6Si/c1-8-35(21-45-49(34(5,6)7,23-15-11-9-12-16-23)24-17-13-10-14-18-24)25(46-27(43)20-38-32(44)48-33(2,3)4)19-26(47-35)42-22-39-28-29(37)40-31(36)41-30(28)42/h1,9-18,22,25-26H,19-21H2,2-7H3,(H,38,44)(H2,37,40,41)/t25-,26+,35+/m0/s1. The van der Waals surface area contributed by atoms with Crippen molar-refractivity contribution < 1.29 is 32.6 Å². The van der Waals surface area contributed by atoms with E-state index in [0.717, 1.165) is 10.4 Å². The fraction of sp³-hybridized carbons (Fsp3) is 0.400. The number of nitrogens with one attached hydrogen (secondary N) is 1. The predicted octanol–water partition coefficient (Wildman–Crippen LogP) is 3.85. The van der Waals surface area contributed by atoms with Gasteiger partial charge in [0.1, 0.15) is 24.5 Å². The van der Waals surface area contributed by atoms with Crippen LogP contribution in [0.1, 0.15) is 54.2 Å². The van der Waals surface area contributed by atoms with Gasteiger partial charge in [-0.2, -0.15) is 14.4 Å². The maximum absolute atomic E-state index is 14.3. The molecule has 3 atom stereocenters. The minimum atomic E-state index is -3.14. The molecular weight excluding hydrogens is 648 g/mol. The number of carbonyl (C=O) groups is 2. The number of hydrogen-bond donors (Lipinski definition) is 2. The molecule has 0 bridgehead atoms. The molecule has 12 nitrogen and oxygen atoms in total. The number of nitrogens with zero attached hydrogens (tertiary/aromatic N) is 4. The number of benzene rings is 2. The quantitative estimate of drug-likeness (QED) is 0.115. The summed E-state index contributed by atoms with van der Waals surface area (Å²) in [7, 11) is -3.14. The molecule has 2 aromatic heterocycles. The van der Waals surface area contributed by atoms with Gasteiger partial charge < -0.3 is 29.7 Å². The van der Waals surface area contributed by atoms with Crippen LogP contribution in [-0.4, -0.2) is 70.4 Å². The van der Waals surface area contributed by atoms with Crippen molar-refractivity contribution in [1.82, 2.24) is 24.8 Å². The number of halogens is 1. The number of terminal acetylenes is 1. The van der Waals surface area contributed by atoms with Crippen LogP contribution in [0, 0.1) is 18.4 Å². The topological polar surface area (TPSA) is 153 Å². The van der Waals surface area contributed by atoms with Crippen molar-refractivity contribution in [3.8, 4) is 12.3 Å². The smallest absolute Gasteiger partial charge is 0.408 e. The third kappa shape index (κ3) is 7.29. The number of fused-ring (bicyclic) bond motifs is 1. The number of anilines is 1. The number of amides is 1. The first-order valence-electron chi connectivity index (χ1n) is 15.8. The molecule has 1 aliphatic rings. The van der Waals surface area contributed by atoms with Crippen molar-refractivity contribution >= 4 is 47.7 Å². The molecule has 1 saturated heterocycles. The lowest BCUT2D eigenvalue weighted by molar-refractivity contribution is -0.157. The Morgan fingerprint density at radius 1 is 1.08 bits per heavy atom. The van der Waals surface area contributed by atoms with Gasteiger partial charge >= 0.3 is 18.1 Å². The molecule has 4 aromatic rings. The number of carbonyl (C=O) groups excluding carboxylic acids is 2. The average Bonchev–Trinajstić information content (AvgIpc) is 3.62. The highest BCUT2D eigenvalue weighted by atomic mass is 28.4. The van der Waals surface area contributed by atoms with E-state index in [2.05, 4.69) is 47.0 Å². The summed E-state index contributed by atoms with van der Waals surface area (Å²) in [5.41, 5.74) is 3.76. The Morgan fingerprint density at radius 3 is 2.24 bits per heavy atom. The number of nitrogens with two attached hydrogens (primary N) is 1. The zero-order valence-corrected chi connectivity index (χ0v) is 29.4. The van der Waals surface area contributed by atoms with Crippen molar-refractivity contribution in [2.75, 3.05) is 18.9 Å². The molecule has 1 fully saturated rings. The normalized spacial score (nSPS) is 19.7. The monoisotopic (exact) mass is 688 g/mol. The zero-order chi connectivity index (χ0) is 35.6. The van der Waals surface area contributed by atoms with Crippen molar-refractivity contribution in [2.24, 2.45) is 0 Å². The van der Waals surface area contributed by atoms with E-state index < -0.39 is 61.6 Å². The van der Waals surface area contributed by atoms with Crippen LogP contribution >= 0.6 is 0 Å². The number of rotatable bonds is 9. The van der Waals surface area contributed by atoms with Gasteiger partial charge in [0.05, 0.1) is 12.9 Å². The van der Waals surface area contributed by atoms with Crippen molar-refractivity contribution in [3.63, 3.8) is 0 Å². The molecule has 14 heteroatoms. The maximum Gasteiger partial charge on any atom is 0.408 e. The van der Waals surface area contributed by atoms with Crippen LogP contribution in [0.4, 0.5) is 15.0 Å². The molecule has 0 radical (unpaired) electrons. The van der Waals surface area contributed by atoms with Gasteiger partial charge in [-0.1, -0.05) is 87.4 Å². The molecular formula is C35H41FN6O6Si. The van der Waals surface area contributed by atoms with Crippen LogP contribution in [0.2, 0.25) is 5.04 Å². The summed E-state index contributed by atoms with van der Waals surface area (Å²) < 4.78 is 40.7. The lowest BCUT2D eigenvalue weighted by atomic mass is 9.98. The Balaban J connectivity index is 1.53. The molecule has 3 heterocycles. The lowest BCUT2D eigenvalue weighted by Crippen LogP contribution is -2.68. The SMILES string of the molecule is C#C[C@]1(CO[Si](c2ccccc2)(c2ccccc2)C(C)(C)C)O[C@@H](n2cnc3c(N)nc(F)nc32)C[C@@H]1OC(=O)CNC(=O)OC(C)(C)C. The Bertz CT molecular complexity index is 1810. The van der Waals surface area contributed by atoms with E-state index in [-0.39, 0.29) is 30.0 Å². The van der Waals surface area contributed by atoms with E-state index in [1.54, 1.807) is 20.8 Å². The van der Waals surface area contributed by atoms with E-state index in [1.807, 2.05) is 60.7 Å². The van der Waals surface area contributed by atoms with E-state index in [9.17, 15) is 14.0 Å². The van der Waals surface area contributed by atoms with E-state index in [0.29, 0.717) is 0 Å². The van der Waals surface area contributed by atoms with Gasteiger partial charge in [0.25, 0.3) is 8.32 Å². The number of nitrogen functional groups attached to an aromatic ring is 1. The number of ether oxygens (including phenoxy) is 3. The Kier molecular flexibility index (Phi) is 9.83. The van der Waals surface area contributed by atoms with Crippen molar-refractivity contribution in [2.45, 2.75) is 76.5 Å². The molecule has 0 aliphatic carbocycles. The summed E-state index contributed by atoms with van der Waals surface area (Å²) in [6, 6.07) is 19.9. The number of alkyl carbamates (subject to hydrolysis) is 1. The molecule has 2 aromatic carbocycles. The molecule has 49 heavy (non-hydrogen) atoms. The molecule has 5 rings (SSSR count). The molecule has 0 saturated carbocycles. The van der Waals surface area contributed by atoms with Crippen LogP contribution in [0.5, 0.6) is 0 Å². The van der Waals surface area contributed by atoms with Gasteiger partial charge in [-0.3, -0.25) is 9.36 Å². The van der Waals surface area contributed by atoms with Gasteiger partial charge in [-0.05, 0) is 36.2 Å². The fourth-order valence-electron chi connectivity index (χ4n) is 6.11. The fourth-order valence-corrected chi connectivity index (χ4v) is 10.7. The summed E-state index contributed by atoms with van der Waals surface area (Å²) in [6.07, 6.45) is 3.85. The minimum absolute atomic E-state index is 0.0173. The Labute approximate surface area is 285 Å². The van der Waals surface area contributed by atoms with E-state index in [1.165, 1.54) is 10.9 Å². The van der Waals surface area contributed by atoms with Crippen molar-refractivity contribution in [1.29, 1.82) is 0 Å². The summed E-state index contributed by atoms with van der Waals surface area (Å²) in [6.45, 7) is 10.8. The first kappa shape index (κ1) is 35.5. The second-order valence-corrected chi connectivity index (χ2v) is 18.1. The number of esters is 1. The number of aromatic nitrogens is 4. The highest BCUT2D eigenvalue weighted by Crippen LogP contribution is 2.43. The molecule has 1 aliphatic heterocycles. The van der Waals surface area contributed by atoms with Crippen LogP contribution in [0.3, 0.4) is 0 Å². The summed E-state index contributed by atoms with van der Waals surface area (Å²) in [4.78, 5) is 37.2. The molecule has 0 unspecified atom stereocenters. The van der Waals surface area contributed by atoms with Crippen LogP contribution in [0.15, 0.2) is 67.0 Å². The molecule has 3 N–H and O–H groups in total. The second-order valence-electron chi connectivity index (χ2n) is 13.8. The molecule has 258 valence electrons. The van der Waals surface area contributed by atoms with Gasteiger partial charge in [-0.25, -0.2) is 9.78 Å². The van der Waals surface area contributed by atoms with Crippen LogP contribution in [-0.2, 0) is 23.4 Å². The van der Waals surface area contributed by atoms with Gasteiger partial charge in [0.15, 0.2) is 22.6 Å². The summed E-state index contributed by atoms with van der Waals surface area (Å²) in [5, 5.41) is 4.03. The first-order valence-corrected chi connectivity index (χ1v) is 17.7. The second kappa shape index (κ2) is 13.6. The Hall–Kier alpha value is -4.84. The molecule has 0 spiro atoms. The van der Waals surface area contributed by atoms with Crippen LogP contribution < -0.4 is 21.4 Å². The summed E-state index contributed by atoms with van der Waals surface area (Å²) in [5.74, 6) is 1.81. The van der Waals surface area contributed by atoms with Gasteiger partial charge in [0, 0.05) is 6.42 Å². The highest BCUT2D eigenvalue weighted by molar-refractivity contribution is 6.99. The third-order valence-corrected chi connectivity index (χ3v) is 13.2. The summed E-state index contributed by atoms with van der Waals surface area (Å²) >= 11 is 0.